The van der Waals surface area contributed by atoms with Crippen molar-refractivity contribution >= 4 is 5.91 Å². The molecule has 1 aliphatic heterocycles. The second-order valence-electron chi connectivity index (χ2n) is 5.67. The van der Waals surface area contributed by atoms with E-state index in [4.69, 9.17) is 4.74 Å². The Labute approximate surface area is 112 Å². The van der Waals surface area contributed by atoms with Gasteiger partial charge < -0.3 is 15.0 Å². The Hall–Kier alpha value is -1.62. The number of carbonyl (C=O) groups excluding carboxylic acids is 1. The van der Waals surface area contributed by atoms with Gasteiger partial charge in [-0.1, -0.05) is 0 Å². The Kier molecular flexibility index (Phi) is 3.75. The summed E-state index contributed by atoms with van der Waals surface area (Å²) in [4.78, 5) is 26.7. The number of aryl methyl sites for hydroxylation is 1. The predicted molar refractivity (Wildman–Crippen MR) is 72.3 cm³/mol. The normalized spacial score (nSPS) is 21.9. The van der Waals surface area contributed by atoms with E-state index in [1.54, 1.807) is 6.92 Å². The molecule has 1 fully saturated rings. The fraction of sp³-hybridized carbons (Fsp3) is 0.571. The zero-order valence-electron chi connectivity index (χ0n) is 11.6. The van der Waals surface area contributed by atoms with Crippen LogP contribution in [0.15, 0.2) is 17.1 Å². The van der Waals surface area contributed by atoms with Crippen molar-refractivity contribution in [3.8, 4) is 0 Å². The minimum atomic E-state index is -0.316. The van der Waals surface area contributed by atoms with E-state index in [-0.39, 0.29) is 28.5 Å². The van der Waals surface area contributed by atoms with E-state index in [0.29, 0.717) is 6.61 Å². The Bertz CT molecular complexity index is 534. The summed E-state index contributed by atoms with van der Waals surface area (Å²) in [7, 11) is 0. The number of pyridine rings is 1. The minimum Gasteiger partial charge on any atom is -0.375 e. The van der Waals surface area contributed by atoms with Gasteiger partial charge in [0, 0.05) is 30.6 Å². The molecule has 19 heavy (non-hydrogen) atoms. The van der Waals surface area contributed by atoms with E-state index >= 15 is 0 Å². The topological polar surface area (TPSA) is 71.2 Å². The predicted octanol–water partition coefficient (Wildman–Crippen LogP) is 1.37. The second kappa shape index (κ2) is 5.17. The maximum absolute atomic E-state index is 12.1. The first kappa shape index (κ1) is 13.8. The molecule has 2 rings (SSSR count). The largest absolute Gasteiger partial charge is 0.375 e. The molecule has 5 heteroatoms. The van der Waals surface area contributed by atoms with Gasteiger partial charge in [0.05, 0.1) is 5.60 Å². The first-order valence-electron chi connectivity index (χ1n) is 6.51. The van der Waals surface area contributed by atoms with Crippen molar-refractivity contribution < 1.29 is 9.53 Å². The van der Waals surface area contributed by atoms with Gasteiger partial charge in [-0.05, 0) is 33.6 Å². The Morgan fingerprint density at radius 2 is 2.26 bits per heavy atom. The Morgan fingerprint density at radius 3 is 2.89 bits per heavy atom. The molecule has 1 saturated heterocycles. The summed E-state index contributed by atoms with van der Waals surface area (Å²) in [6, 6.07) is 1.49. The van der Waals surface area contributed by atoms with E-state index in [1.807, 2.05) is 13.8 Å². The summed E-state index contributed by atoms with van der Waals surface area (Å²) < 4.78 is 5.60. The van der Waals surface area contributed by atoms with Crippen molar-refractivity contribution in [3.63, 3.8) is 0 Å². The lowest BCUT2D eigenvalue weighted by molar-refractivity contribution is -0.0615. The zero-order chi connectivity index (χ0) is 14.0. The van der Waals surface area contributed by atoms with Crippen molar-refractivity contribution in [2.45, 2.75) is 45.3 Å². The molecule has 0 spiro atoms. The minimum absolute atomic E-state index is 0.0527. The summed E-state index contributed by atoms with van der Waals surface area (Å²) in [6.45, 7) is 6.42. The molecule has 1 unspecified atom stereocenters. The molecule has 5 nitrogen and oxygen atoms in total. The van der Waals surface area contributed by atoms with Gasteiger partial charge in [0.25, 0.3) is 5.91 Å². The van der Waals surface area contributed by atoms with Gasteiger partial charge in [-0.15, -0.1) is 0 Å². The number of H-pyrrole nitrogens is 1. The third kappa shape index (κ3) is 3.44. The van der Waals surface area contributed by atoms with E-state index in [1.165, 1.54) is 12.3 Å². The third-order valence-electron chi connectivity index (χ3n) is 3.33. The van der Waals surface area contributed by atoms with Crippen LogP contribution in [0.4, 0.5) is 0 Å². The maximum Gasteiger partial charge on any atom is 0.256 e. The fourth-order valence-corrected chi connectivity index (χ4v) is 2.37. The van der Waals surface area contributed by atoms with Crippen molar-refractivity contribution in [2.75, 3.05) is 6.61 Å². The SMILES string of the molecule is Cc1cc(=O)c(C(=O)NC2CCOC(C)(C)C2)c[nH]1. The summed E-state index contributed by atoms with van der Waals surface area (Å²) in [5.41, 5.74) is 0.430. The summed E-state index contributed by atoms with van der Waals surface area (Å²) in [5, 5.41) is 2.91. The number of rotatable bonds is 2. The molecule has 1 aromatic rings. The number of hydrogen-bond acceptors (Lipinski definition) is 3. The van der Waals surface area contributed by atoms with Crippen LogP contribution in [0.2, 0.25) is 0 Å². The molecule has 0 aromatic carbocycles. The van der Waals surface area contributed by atoms with Crippen LogP contribution in [0.3, 0.4) is 0 Å². The zero-order valence-corrected chi connectivity index (χ0v) is 11.6. The summed E-state index contributed by atoms with van der Waals surface area (Å²) >= 11 is 0. The second-order valence-corrected chi connectivity index (χ2v) is 5.67. The third-order valence-corrected chi connectivity index (χ3v) is 3.33. The smallest absolute Gasteiger partial charge is 0.256 e. The van der Waals surface area contributed by atoms with Crippen LogP contribution >= 0.6 is 0 Å². The number of hydrogen-bond donors (Lipinski definition) is 2. The molecule has 2 heterocycles. The highest BCUT2D eigenvalue weighted by atomic mass is 16.5. The van der Waals surface area contributed by atoms with Crippen molar-refractivity contribution in [2.24, 2.45) is 0 Å². The first-order valence-corrected chi connectivity index (χ1v) is 6.51. The number of carbonyl (C=O) groups is 1. The van der Waals surface area contributed by atoms with Crippen LogP contribution in [-0.2, 0) is 4.74 Å². The van der Waals surface area contributed by atoms with Crippen molar-refractivity contribution in [3.05, 3.63) is 33.7 Å². The first-order chi connectivity index (χ1) is 8.87. The van der Waals surface area contributed by atoms with E-state index in [9.17, 15) is 9.59 Å². The molecule has 0 aliphatic carbocycles. The molecule has 0 radical (unpaired) electrons. The monoisotopic (exact) mass is 264 g/mol. The lowest BCUT2D eigenvalue weighted by Crippen LogP contribution is -2.46. The van der Waals surface area contributed by atoms with Crippen molar-refractivity contribution in [1.82, 2.24) is 10.3 Å². The van der Waals surface area contributed by atoms with Crippen LogP contribution in [0, 0.1) is 6.92 Å². The van der Waals surface area contributed by atoms with E-state index in [2.05, 4.69) is 10.3 Å². The molecule has 1 atom stereocenters. The molecule has 1 aliphatic rings. The van der Waals surface area contributed by atoms with Gasteiger partial charge in [-0.3, -0.25) is 9.59 Å². The molecule has 1 aromatic heterocycles. The molecular weight excluding hydrogens is 244 g/mol. The van der Waals surface area contributed by atoms with Crippen molar-refractivity contribution in [1.29, 1.82) is 0 Å². The van der Waals surface area contributed by atoms with E-state index in [0.717, 1.165) is 18.5 Å². The van der Waals surface area contributed by atoms with Crippen LogP contribution in [0.1, 0.15) is 42.7 Å². The van der Waals surface area contributed by atoms with Gasteiger partial charge >= 0.3 is 0 Å². The summed E-state index contributed by atoms with van der Waals surface area (Å²) in [5.74, 6) is -0.316. The number of aromatic amines is 1. The van der Waals surface area contributed by atoms with Crippen LogP contribution in [0.25, 0.3) is 0 Å². The molecule has 0 saturated carbocycles. The Morgan fingerprint density at radius 1 is 1.53 bits per heavy atom. The highest BCUT2D eigenvalue weighted by Crippen LogP contribution is 2.23. The standard InChI is InChI=1S/C14H20N2O3/c1-9-6-12(17)11(8-15-9)13(18)16-10-4-5-19-14(2,3)7-10/h6,8,10H,4-5,7H2,1-3H3,(H,15,17)(H,16,18). The average Bonchev–Trinajstić information content (AvgIpc) is 2.27. The number of nitrogens with one attached hydrogen (secondary N) is 2. The van der Waals surface area contributed by atoms with E-state index < -0.39 is 0 Å². The molecule has 0 bridgehead atoms. The lowest BCUT2D eigenvalue weighted by Gasteiger charge is -2.35. The maximum atomic E-state index is 12.1. The highest BCUT2D eigenvalue weighted by molar-refractivity contribution is 5.93. The highest BCUT2D eigenvalue weighted by Gasteiger charge is 2.30. The molecular formula is C14H20N2O3. The van der Waals surface area contributed by atoms with Gasteiger partial charge in [0.2, 0.25) is 0 Å². The molecule has 1 amide bonds. The van der Waals surface area contributed by atoms with Gasteiger partial charge in [-0.25, -0.2) is 0 Å². The van der Waals surface area contributed by atoms with Gasteiger partial charge in [0.15, 0.2) is 5.43 Å². The van der Waals surface area contributed by atoms with Crippen LogP contribution < -0.4 is 10.7 Å². The lowest BCUT2D eigenvalue weighted by atomic mass is 9.94. The van der Waals surface area contributed by atoms with Crippen LogP contribution in [-0.4, -0.2) is 29.1 Å². The number of amides is 1. The van der Waals surface area contributed by atoms with Gasteiger partial charge in [-0.2, -0.15) is 0 Å². The number of ether oxygens (including phenoxy) is 1. The number of aromatic nitrogens is 1. The molecule has 2 N–H and O–H groups in total. The average molecular weight is 264 g/mol. The summed E-state index contributed by atoms with van der Waals surface area (Å²) in [6.07, 6.45) is 3.00. The molecule has 104 valence electrons. The van der Waals surface area contributed by atoms with Crippen LogP contribution in [0.5, 0.6) is 0 Å². The fourth-order valence-electron chi connectivity index (χ4n) is 2.37. The van der Waals surface area contributed by atoms with Gasteiger partial charge in [0.1, 0.15) is 5.56 Å². The quantitative estimate of drug-likeness (QED) is 0.847. The Balaban J connectivity index is 2.07.